The van der Waals surface area contributed by atoms with Crippen LogP contribution in [0, 0.1) is 17.5 Å². The van der Waals surface area contributed by atoms with E-state index >= 15 is 0 Å². The number of Topliss-reactive ketones (excluding diaryl/α,β-unsaturated/α-hetero) is 1. The van der Waals surface area contributed by atoms with E-state index in [1.54, 1.807) is 0 Å². The van der Waals surface area contributed by atoms with Crippen LogP contribution in [-0.4, -0.2) is 10.8 Å². The van der Waals surface area contributed by atoms with E-state index in [4.69, 9.17) is 0 Å². The molecule has 0 amide bonds. The Bertz CT molecular complexity index is 599. The second kappa shape index (κ2) is 5.00. The highest BCUT2D eigenvalue weighted by Crippen LogP contribution is 2.13. The monoisotopic (exact) mass is 251 g/mol. The number of nitrogens with zero attached hydrogens (tertiary/aromatic N) is 1. The van der Waals surface area contributed by atoms with Crippen LogP contribution < -0.4 is 0 Å². The predicted octanol–water partition coefficient (Wildman–Crippen LogP) is 2.92. The number of halogens is 3. The Morgan fingerprint density at radius 2 is 1.89 bits per heavy atom. The van der Waals surface area contributed by atoms with Crippen molar-refractivity contribution in [1.29, 1.82) is 0 Å². The van der Waals surface area contributed by atoms with Crippen LogP contribution in [0.5, 0.6) is 0 Å². The van der Waals surface area contributed by atoms with Crippen molar-refractivity contribution < 1.29 is 18.0 Å². The molecule has 0 radical (unpaired) electrons. The molecule has 0 atom stereocenters. The number of benzene rings is 1. The fourth-order valence-corrected chi connectivity index (χ4v) is 1.53. The van der Waals surface area contributed by atoms with Gasteiger partial charge in [0.2, 0.25) is 0 Å². The van der Waals surface area contributed by atoms with Crippen molar-refractivity contribution in [2.75, 3.05) is 0 Å². The molecule has 0 aliphatic carbocycles. The molecule has 92 valence electrons. The van der Waals surface area contributed by atoms with Crippen LogP contribution in [0.15, 0.2) is 36.5 Å². The number of ketones is 1. The third-order valence-electron chi connectivity index (χ3n) is 2.38. The van der Waals surface area contributed by atoms with Crippen LogP contribution in [-0.2, 0) is 6.42 Å². The Hall–Kier alpha value is -2.17. The van der Waals surface area contributed by atoms with Gasteiger partial charge in [0, 0.05) is 12.6 Å². The van der Waals surface area contributed by atoms with Crippen molar-refractivity contribution in [3.8, 4) is 0 Å². The van der Waals surface area contributed by atoms with E-state index in [2.05, 4.69) is 4.98 Å². The van der Waals surface area contributed by atoms with Crippen LogP contribution in [0.1, 0.15) is 16.1 Å². The second-order valence-electron chi connectivity index (χ2n) is 3.67. The fourth-order valence-electron chi connectivity index (χ4n) is 1.53. The molecule has 0 bridgehead atoms. The first-order valence-corrected chi connectivity index (χ1v) is 5.15. The van der Waals surface area contributed by atoms with E-state index in [1.165, 1.54) is 12.3 Å². The van der Waals surface area contributed by atoms with Gasteiger partial charge in [-0.05, 0) is 35.9 Å². The molecule has 0 saturated carbocycles. The zero-order valence-corrected chi connectivity index (χ0v) is 9.16. The number of hydrogen-bond acceptors (Lipinski definition) is 2. The molecule has 5 heteroatoms. The lowest BCUT2D eigenvalue weighted by molar-refractivity contribution is 0.0982. The lowest BCUT2D eigenvalue weighted by Crippen LogP contribution is -2.09. The number of pyridine rings is 1. The average Bonchev–Trinajstić information content (AvgIpc) is 2.34. The van der Waals surface area contributed by atoms with E-state index in [0.717, 1.165) is 24.3 Å². The SMILES string of the molecule is O=C(Cc1cc(F)ccc1F)c1ncccc1F. The Morgan fingerprint density at radius 1 is 1.11 bits per heavy atom. The maximum atomic E-state index is 13.3. The van der Waals surface area contributed by atoms with Crippen molar-refractivity contribution >= 4 is 5.78 Å². The van der Waals surface area contributed by atoms with E-state index in [-0.39, 0.29) is 11.3 Å². The Balaban J connectivity index is 2.27. The van der Waals surface area contributed by atoms with Crippen molar-refractivity contribution in [2.45, 2.75) is 6.42 Å². The second-order valence-corrected chi connectivity index (χ2v) is 3.67. The van der Waals surface area contributed by atoms with Gasteiger partial charge in [0.1, 0.15) is 17.3 Å². The van der Waals surface area contributed by atoms with Crippen LogP contribution in [0.4, 0.5) is 13.2 Å². The molecule has 0 unspecified atom stereocenters. The molecule has 18 heavy (non-hydrogen) atoms. The summed E-state index contributed by atoms with van der Waals surface area (Å²) in [6.07, 6.45) is 0.829. The molecule has 1 aromatic carbocycles. The van der Waals surface area contributed by atoms with E-state index in [1.807, 2.05) is 0 Å². The average molecular weight is 251 g/mol. The van der Waals surface area contributed by atoms with E-state index in [0.29, 0.717) is 0 Å². The van der Waals surface area contributed by atoms with Crippen LogP contribution in [0.3, 0.4) is 0 Å². The first-order valence-electron chi connectivity index (χ1n) is 5.15. The first kappa shape index (κ1) is 12.3. The molecule has 2 rings (SSSR count). The highest BCUT2D eigenvalue weighted by atomic mass is 19.1. The Kier molecular flexibility index (Phi) is 3.41. The molecular formula is C13H8F3NO. The fraction of sp³-hybridized carbons (Fsp3) is 0.0769. The molecule has 0 aliphatic rings. The molecule has 2 aromatic rings. The van der Waals surface area contributed by atoms with Gasteiger partial charge in [-0.2, -0.15) is 0 Å². The number of aromatic nitrogens is 1. The Labute approximate surface area is 101 Å². The van der Waals surface area contributed by atoms with Crippen LogP contribution in [0.25, 0.3) is 0 Å². The lowest BCUT2D eigenvalue weighted by Gasteiger charge is -2.03. The lowest BCUT2D eigenvalue weighted by atomic mass is 10.1. The number of hydrogen-bond donors (Lipinski definition) is 0. The molecule has 1 heterocycles. The molecule has 0 saturated heterocycles. The van der Waals surface area contributed by atoms with Gasteiger partial charge >= 0.3 is 0 Å². The molecule has 0 N–H and O–H groups in total. The number of carbonyl (C=O) groups excluding carboxylic acids is 1. The maximum absolute atomic E-state index is 13.3. The van der Waals surface area contributed by atoms with Crippen LogP contribution in [0.2, 0.25) is 0 Å². The van der Waals surface area contributed by atoms with E-state index < -0.39 is 29.7 Å². The normalized spacial score (nSPS) is 10.4. The maximum Gasteiger partial charge on any atom is 0.188 e. The largest absolute Gasteiger partial charge is 0.292 e. The van der Waals surface area contributed by atoms with Gasteiger partial charge in [-0.25, -0.2) is 13.2 Å². The summed E-state index contributed by atoms with van der Waals surface area (Å²) < 4.78 is 39.5. The van der Waals surface area contributed by atoms with E-state index in [9.17, 15) is 18.0 Å². The predicted molar refractivity (Wildman–Crippen MR) is 58.6 cm³/mol. The Morgan fingerprint density at radius 3 is 2.61 bits per heavy atom. The summed E-state index contributed by atoms with van der Waals surface area (Å²) in [7, 11) is 0. The van der Waals surface area contributed by atoms with Gasteiger partial charge < -0.3 is 0 Å². The van der Waals surface area contributed by atoms with Gasteiger partial charge in [-0.3, -0.25) is 9.78 Å². The van der Waals surface area contributed by atoms with Crippen LogP contribution >= 0.6 is 0 Å². The molecule has 1 aromatic heterocycles. The van der Waals surface area contributed by atoms with Crippen molar-refractivity contribution in [1.82, 2.24) is 4.98 Å². The molecule has 0 aliphatic heterocycles. The first-order chi connectivity index (χ1) is 8.58. The third kappa shape index (κ3) is 2.56. The van der Waals surface area contributed by atoms with Gasteiger partial charge in [-0.15, -0.1) is 0 Å². The summed E-state index contributed by atoms with van der Waals surface area (Å²) in [5.74, 6) is -2.83. The van der Waals surface area contributed by atoms with Gasteiger partial charge in [0.25, 0.3) is 0 Å². The van der Waals surface area contributed by atoms with Crippen molar-refractivity contribution in [3.05, 3.63) is 65.2 Å². The molecule has 0 fully saturated rings. The molecule has 2 nitrogen and oxygen atoms in total. The summed E-state index contributed by atoms with van der Waals surface area (Å²) >= 11 is 0. The standard InChI is InChI=1S/C13H8F3NO/c14-9-3-4-10(15)8(6-9)7-12(18)13-11(16)2-1-5-17-13/h1-6H,7H2. The van der Waals surface area contributed by atoms with Gasteiger partial charge in [0.15, 0.2) is 11.6 Å². The summed E-state index contributed by atoms with van der Waals surface area (Å²) in [6, 6.07) is 5.21. The number of rotatable bonds is 3. The highest BCUT2D eigenvalue weighted by Gasteiger charge is 2.15. The summed E-state index contributed by atoms with van der Waals surface area (Å²) in [5, 5.41) is 0. The minimum absolute atomic E-state index is 0.120. The zero-order chi connectivity index (χ0) is 13.1. The summed E-state index contributed by atoms with van der Waals surface area (Å²) in [4.78, 5) is 15.3. The smallest absolute Gasteiger partial charge is 0.188 e. The third-order valence-corrected chi connectivity index (χ3v) is 2.38. The van der Waals surface area contributed by atoms with Gasteiger partial charge in [0.05, 0.1) is 0 Å². The summed E-state index contributed by atoms with van der Waals surface area (Å²) in [5.41, 5.74) is -0.494. The van der Waals surface area contributed by atoms with Crippen molar-refractivity contribution in [2.24, 2.45) is 0 Å². The van der Waals surface area contributed by atoms with Crippen molar-refractivity contribution in [3.63, 3.8) is 0 Å². The summed E-state index contributed by atoms with van der Waals surface area (Å²) in [6.45, 7) is 0. The number of carbonyl (C=O) groups is 1. The molecule has 0 spiro atoms. The highest BCUT2D eigenvalue weighted by molar-refractivity contribution is 5.95. The minimum Gasteiger partial charge on any atom is -0.292 e. The van der Waals surface area contributed by atoms with Gasteiger partial charge in [-0.1, -0.05) is 0 Å². The topological polar surface area (TPSA) is 30.0 Å². The quantitative estimate of drug-likeness (QED) is 0.785. The molecular weight excluding hydrogens is 243 g/mol. The minimum atomic E-state index is -0.778. The zero-order valence-electron chi connectivity index (χ0n) is 9.16.